The molecule has 0 aliphatic rings. The van der Waals surface area contributed by atoms with Gasteiger partial charge in [-0.1, -0.05) is 20.8 Å². The number of nitrogens with one attached hydrogen (secondary N) is 2. The first-order valence-electron chi connectivity index (χ1n) is 6.86. The zero-order valence-electron chi connectivity index (χ0n) is 13.3. The van der Waals surface area contributed by atoms with Crippen LogP contribution in [0.4, 0.5) is 5.82 Å². The number of nitrogens with two attached hydrogens (primary N) is 1. The van der Waals surface area contributed by atoms with E-state index in [1.165, 1.54) is 12.3 Å². The molecule has 1 amide bonds. The van der Waals surface area contributed by atoms with Gasteiger partial charge in [0.1, 0.15) is 10.5 Å². The number of hydrogen-bond donors (Lipinski definition) is 3. The minimum absolute atomic E-state index is 0.00726. The summed E-state index contributed by atoms with van der Waals surface area (Å²) in [4.78, 5) is 15.6. The number of hydrogen-bond acceptors (Lipinski definition) is 5. The van der Waals surface area contributed by atoms with Crippen molar-refractivity contribution in [1.82, 2.24) is 15.2 Å². The van der Waals surface area contributed by atoms with E-state index in [1.807, 2.05) is 20.8 Å². The Labute approximate surface area is 134 Å². The van der Waals surface area contributed by atoms with Crippen molar-refractivity contribution in [2.75, 3.05) is 4.72 Å². The van der Waals surface area contributed by atoms with E-state index < -0.39 is 15.9 Å². The fourth-order valence-corrected chi connectivity index (χ4v) is 2.93. The van der Waals surface area contributed by atoms with Gasteiger partial charge in [-0.15, -0.1) is 0 Å². The number of amides is 1. The number of carbonyl (C=O) groups excluding carboxylic acids is 1. The van der Waals surface area contributed by atoms with E-state index in [2.05, 4.69) is 19.9 Å². The average molecular weight is 337 g/mol. The number of aromatic amines is 1. The van der Waals surface area contributed by atoms with Crippen molar-refractivity contribution in [2.45, 2.75) is 38.0 Å². The summed E-state index contributed by atoms with van der Waals surface area (Å²) in [5.41, 5.74) is 6.21. The van der Waals surface area contributed by atoms with E-state index in [0.717, 1.165) is 5.69 Å². The number of H-pyrrole nitrogens is 1. The predicted molar refractivity (Wildman–Crippen MR) is 85.6 cm³/mol. The van der Waals surface area contributed by atoms with E-state index in [9.17, 15) is 13.2 Å². The van der Waals surface area contributed by atoms with Crippen LogP contribution in [0, 0.1) is 6.92 Å². The minimum atomic E-state index is -3.92. The number of anilines is 1. The van der Waals surface area contributed by atoms with E-state index >= 15 is 0 Å². The molecule has 0 spiro atoms. The Balaban J connectivity index is 2.35. The van der Waals surface area contributed by atoms with Crippen LogP contribution in [-0.2, 0) is 15.4 Å². The van der Waals surface area contributed by atoms with E-state index in [0.29, 0.717) is 5.69 Å². The molecule has 0 radical (unpaired) electrons. The molecule has 2 aromatic rings. The third-order valence-corrected chi connectivity index (χ3v) is 4.56. The smallest absolute Gasteiger partial charge is 0.264 e. The summed E-state index contributed by atoms with van der Waals surface area (Å²) in [5, 5.41) is 6.30. The van der Waals surface area contributed by atoms with Crippen LogP contribution in [0.1, 0.15) is 42.5 Å². The molecule has 0 fully saturated rings. The van der Waals surface area contributed by atoms with Gasteiger partial charge in [-0.25, -0.2) is 8.42 Å². The highest BCUT2D eigenvalue weighted by atomic mass is 32.2. The van der Waals surface area contributed by atoms with Crippen LogP contribution in [0.5, 0.6) is 0 Å². The number of rotatable bonds is 4. The Kier molecular flexibility index (Phi) is 4.16. The number of sulfonamides is 1. The maximum atomic E-state index is 12.4. The number of aromatic nitrogens is 3. The molecule has 0 bridgehead atoms. The van der Waals surface area contributed by atoms with Gasteiger partial charge in [0.2, 0.25) is 0 Å². The van der Waals surface area contributed by atoms with Crippen LogP contribution < -0.4 is 10.5 Å². The van der Waals surface area contributed by atoms with E-state index in [1.54, 1.807) is 13.0 Å². The largest absolute Gasteiger partial charge is 0.365 e. The van der Waals surface area contributed by atoms with Crippen LogP contribution >= 0.6 is 0 Å². The number of primary amides is 1. The SMILES string of the molecule is Cc1[nH]nc(NS(=O)(=O)c2ccc(C(C)(C)C)nc2)c1C(N)=O. The highest BCUT2D eigenvalue weighted by Gasteiger charge is 2.23. The van der Waals surface area contributed by atoms with Crippen molar-refractivity contribution >= 4 is 21.7 Å². The van der Waals surface area contributed by atoms with Crippen LogP contribution in [-0.4, -0.2) is 29.5 Å². The van der Waals surface area contributed by atoms with Gasteiger partial charge in [-0.05, 0) is 19.1 Å². The van der Waals surface area contributed by atoms with Crippen molar-refractivity contribution < 1.29 is 13.2 Å². The molecule has 0 saturated heterocycles. The molecular weight excluding hydrogens is 318 g/mol. The molecule has 9 heteroatoms. The fraction of sp³-hybridized carbons (Fsp3) is 0.357. The molecule has 2 heterocycles. The fourth-order valence-electron chi connectivity index (χ4n) is 1.97. The van der Waals surface area contributed by atoms with Gasteiger partial charge in [-0.2, -0.15) is 5.10 Å². The van der Waals surface area contributed by atoms with Crippen molar-refractivity contribution in [3.63, 3.8) is 0 Å². The first-order valence-corrected chi connectivity index (χ1v) is 8.35. The lowest BCUT2D eigenvalue weighted by Crippen LogP contribution is -2.19. The standard InChI is InChI=1S/C14H19N5O3S/c1-8-11(12(15)20)13(18-17-8)19-23(21,22)9-5-6-10(16-7-9)14(2,3)4/h5-7H,1-4H3,(H2,15,20)(H2,17,18,19). The molecule has 0 saturated carbocycles. The van der Waals surface area contributed by atoms with Crippen molar-refractivity contribution in [3.05, 3.63) is 35.3 Å². The Morgan fingerprint density at radius 1 is 1.30 bits per heavy atom. The molecule has 2 rings (SSSR count). The number of pyridine rings is 1. The van der Waals surface area contributed by atoms with E-state index in [4.69, 9.17) is 5.73 Å². The molecule has 8 nitrogen and oxygen atoms in total. The van der Waals surface area contributed by atoms with Gasteiger partial charge in [-0.3, -0.25) is 19.6 Å². The maximum absolute atomic E-state index is 12.4. The number of carbonyl (C=O) groups is 1. The summed E-state index contributed by atoms with van der Waals surface area (Å²) in [7, 11) is -3.92. The van der Waals surface area contributed by atoms with Crippen LogP contribution in [0.25, 0.3) is 0 Å². The Bertz CT molecular complexity index is 832. The van der Waals surface area contributed by atoms with Gasteiger partial charge in [0.25, 0.3) is 15.9 Å². The van der Waals surface area contributed by atoms with Crippen molar-refractivity contribution in [3.8, 4) is 0 Å². The summed E-state index contributed by atoms with van der Waals surface area (Å²) in [5.74, 6) is -0.898. The Morgan fingerprint density at radius 2 is 1.96 bits per heavy atom. The summed E-state index contributed by atoms with van der Waals surface area (Å²) in [6.07, 6.45) is 1.27. The molecular formula is C14H19N5O3S. The number of nitrogens with zero attached hydrogens (tertiary/aromatic N) is 2. The molecule has 124 valence electrons. The third-order valence-electron chi connectivity index (χ3n) is 3.24. The highest BCUT2D eigenvalue weighted by Crippen LogP contribution is 2.23. The third kappa shape index (κ3) is 3.50. The topological polar surface area (TPSA) is 131 Å². The van der Waals surface area contributed by atoms with Crippen LogP contribution in [0.15, 0.2) is 23.2 Å². The van der Waals surface area contributed by atoms with Gasteiger partial charge in [0.05, 0.1) is 0 Å². The summed E-state index contributed by atoms with van der Waals surface area (Å²) >= 11 is 0. The molecule has 2 aromatic heterocycles. The first-order chi connectivity index (χ1) is 10.5. The van der Waals surface area contributed by atoms with Gasteiger partial charge in [0.15, 0.2) is 5.82 Å². The summed E-state index contributed by atoms with van der Waals surface area (Å²) in [6, 6.07) is 3.11. The lowest BCUT2D eigenvalue weighted by atomic mass is 9.92. The molecule has 0 unspecified atom stereocenters. The lowest BCUT2D eigenvalue weighted by molar-refractivity contribution is 0.100. The molecule has 0 aromatic carbocycles. The van der Waals surface area contributed by atoms with Gasteiger partial charge in [0, 0.05) is 23.0 Å². The maximum Gasteiger partial charge on any atom is 0.264 e. The number of aryl methyl sites for hydroxylation is 1. The van der Waals surface area contributed by atoms with Crippen molar-refractivity contribution in [2.24, 2.45) is 5.73 Å². The Morgan fingerprint density at radius 3 is 2.43 bits per heavy atom. The second-order valence-corrected chi connectivity index (χ2v) is 7.85. The van der Waals surface area contributed by atoms with Crippen molar-refractivity contribution in [1.29, 1.82) is 0 Å². The van der Waals surface area contributed by atoms with Crippen LogP contribution in [0.3, 0.4) is 0 Å². The quantitative estimate of drug-likeness (QED) is 0.774. The monoisotopic (exact) mass is 337 g/mol. The van der Waals surface area contributed by atoms with Gasteiger partial charge < -0.3 is 5.73 Å². The molecule has 0 aliphatic heterocycles. The molecule has 23 heavy (non-hydrogen) atoms. The minimum Gasteiger partial charge on any atom is -0.365 e. The molecule has 0 aliphatic carbocycles. The average Bonchev–Trinajstić information content (AvgIpc) is 2.78. The second-order valence-electron chi connectivity index (χ2n) is 6.17. The second kappa shape index (κ2) is 5.65. The summed E-state index contributed by atoms with van der Waals surface area (Å²) in [6.45, 7) is 7.51. The lowest BCUT2D eigenvalue weighted by Gasteiger charge is -2.17. The van der Waals surface area contributed by atoms with E-state index in [-0.39, 0.29) is 21.7 Å². The Hall–Kier alpha value is -2.42. The molecule has 0 atom stereocenters. The van der Waals surface area contributed by atoms with Gasteiger partial charge >= 0.3 is 0 Å². The molecule has 4 N–H and O–H groups in total. The highest BCUT2D eigenvalue weighted by molar-refractivity contribution is 7.92. The zero-order valence-corrected chi connectivity index (χ0v) is 14.2. The van der Waals surface area contributed by atoms with Crippen LogP contribution in [0.2, 0.25) is 0 Å². The predicted octanol–water partition coefficient (Wildman–Crippen LogP) is 1.31. The zero-order chi connectivity index (χ0) is 17.4. The summed E-state index contributed by atoms with van der Waals surface area (Å²) < 4.78 is 27.0. The first kappa shape index (κ1) is 16.9. The normalized spacial score (nSPS) is 12.2.